The van der Waals surface area contributed by atoms with Crippen LogP contribution >= 0.6 is 11.3 Å². The number of fused-ring (bicyclic) bond motifs is 1. The van der Waals surface area contributed by atoms with Gasteiger partial charge < -0.3 is 4.74 Å². The number of aryl methyl sites for hydroxylation is 2. The molecule has 0 bridgehead atoms. The fraction of sp³-hybridized carbons (Fsp3) is 0.217. The first-order chi connectivity index (χ1) is 14.0. The van der Waals surface area contributed by atoms with Crippen molar-refractivity contribution in [3.63, 3.8) is 0 Å². The van der Waals surface area contributed by atoms with Gasteiger partial charge in [-0.3, -0.25) is 9.36 Å². The van der Waals surface area contributed by atoms with Crippen molar-refractivity contribution in [2.75, 3.05) is 6.61 Å². The van der Waals surface area contributed by atoms with E-state index in [-0.39, 0.29) is 17.9 Å². The van der Waals surface area contributed by atoms with E-state index in [9.17, 15) is 9.18 Å². The van der Waals surface area contributed by atoms with Crippen LogP contribution in [0.5, 0.6) is 5.75 Å². The molecule has 0 aliphatic rings. The van der Waals surface area contributed by atoms with Crippen LogP contribution in [0.25, 0.3) is 21.3 Å². The zero-order valence-corrected chi connectivity index (χ0v) is 17.3. The third kappa shape index (κ3) is 3.68. The van der Waals surface area contributed by atoms with Crippen molar-refractivity contribution < 1.29 is 9.13 Å². The van der Waals surface area contributed by atoms with Crippen molar-refractivity contribution >= 4 is 21.6 Å². The molecule has 29 heavy (non-hydrogen) atoms. The van der Waals surface area contributed by atoms with Gasteiger partial charge >= 0.3 is 0 Å². The molecule has 0 fully saturated rings. The lowest BCUT2D eigenvalue weighted by molar-refractivity contribution is 0.340. The Hall–Kier alpha value is -2.99. The highest BCUT2D eigenvalue weighted by Gasteiger charge is 2.19. The Bertz CT molecular complexity index is 1240. The summed E-state index contributed by atoms with van der Waals surface area (Å²) in [5.74, 6) is 1.10. The summed E-state index contributed by atoms with van der Waals surface area (Å²) < 4.78 is 20.7. The number of rotatable bonds is 5. The third-order valence-corrected chi connectivity index (χ3v) is 5.86. The molecule has 0 atom stereocenters. The normalized spacial score (nSPS) is 11.2. The number of nitrogens with zero attached hydrogens (tertiary/aromatic N) is 2. The molecule has 0 aliphatic carbocycles. The van der Waals surface area contributed by atoms with Gasteiger partial charge in [0.2, 0.25) is 0 Å². The molecule has 0 N–H and O–H groups in total. The molecule has 4 aromatic rings. The van der Waals surface area contributed by atoms with Gasteiger partial charge in [-0.1, -0.05) is 24.3 Å². The van der Waals surface area contributed by atoms with Crippen LogP contribution in [0.4, 0.5) is 4.39 Å². The van der Waals surface area contributed by atoms with Gasteiger partial charge in [-0.2, -0.15) is 0 Å². The van der Waals surface area contributed by atoms with Gasteiger partial charge in [0.15, 0.2) is 0 Å². The second-order valence-corrected chi connectivity index (χ2v) is 8.05. The molecule has 0 radical (unpaired) electrons. The van der Waals surface area contributed by atoms with Crippen LogP contribution in [0.3, 0.4) is 0 Å². The van der Waals surface area contributed by atoms with Gasteiger partial charge in [0.25, 0.3) is 5.56 Å². The molecule has 0 spiro atoms. The van der Waals surface area contributed by atoms with Crippen LogP contribution < -0.4 is 10.3 Å². The van der Waals surface area contributed by atoms with E-state index in [1.807, 2.05) is 51.1 Å². The predicted molar refractivity (Wildman–Crippen MR) is 115 cm³/mol. The minimum atomic E-state index is -0.316. The van der Waals surface area contributed by atoms with Crippen molar-refractivity contribution in [3.8, 4) is 16.9 Å². The molecule has 148 valence electrons. The van der Waals surface area contributed by atoms with Gasteiger partial charge in [-0.05, 0) is 56.2 Å². The number of hydrogen-bond acceptors (Lipinski definition) is 4. The number of hydrogen-bond donors (Lipinski definition) is 0. The lowest BCUT2D eigenvalue weighted by atomic mass is 10.0. The molecule has 2 heterocycles. The fourth-order valence-corrected chi connectivity index (χ4v) is 4.61. The molecule has 4 nitrogen and oxygen atoms in total. The quantitative estimate of drug-likeness (QED) is 0.448. The summed E-state index contributed by atoms with van der Waals surface area (Å²) in [5.41, 5.74) is 2.48. The smallest absolute Gasteiger partial charge is 0.263 e. The van der Waals surface area contributed by atoms with Crippen molar-refractivity contribution in [2.45, 2.75) is 27.3 Å². The molecule has 0 saturated heterocycles. The van der Waals surface area contributed by atoms with Crippen molar-refractivity contribution in [1.29, 1.82) is 0 Å². The summed E-state index contributed by atoms with van der Waals surface area (Å²) in [6.07, 6.45) is 0. The van der Waals surface area contributed by atoms with E-state index in [1.165, 1.54) is 23.5 Å². The number of halogens is 1. The molecule has 4 rings (SSSR count). The van der Waals surface area contributed by atoms with Gasteiger partial charge in [0, 0.05) is 10.4 Å². The average molecular weight is 408 g/mol. The number of ether oxygens (including phenoxy) is 1. The molecular formula is C23H21FN2O2S. The maximum absolute atomic E-state index is 13.6. The Balaban J connectivity index is 1.86. The van der Waals surface area contributed by atoms with E-state index in [2.05, 4.69) is 4.98 Å². The first kappa shape index (κ1) is 19.3. The standard InChI is InChI=1S/C23H21FN2O2S/c1-4-28-19-10-8-17(9-11-19)20-14(2)29-22-21(20)23(27)26(15(3)25-22)13-16-6-5-7-18(24)12-16/h5-12H,4,13H2,1-3H3. The highest BCUT2D eigenvalue weighted by molar-refractivity contribution is 7.19. The Morgan fingerprint density at radius 3 is 2.59 bits per heavy atom. The summed E-state index contributed by atoms with van der Waals surface area (Å²) in [4.78, 5) is 19.9. The highest BCUT2D eigenvalue weighted by atomic mass is 32.1. The zero-order valence-electron chi connectivity index (χ0n) is 16.5. The van der Waals surface area contributed by atoms with E-state index in [4.69, 9.17) is 4.74 Å². The summed E-state index contributed by atoms with van der Waals surface area (Å²) in [6.45, 7) is 6.64. The van der Waals surface area contributed by atoms with Gasteiger partial charge in [0.05, 0.1) is 18.5 Å². The second kappa shape index (κ2) is 7.79. The van der Waals surface area contributed by atoms with E-state index < -0.39 is 0 Å². The molecule has 2 aromatic heterocycles. The SMILES string of the molecule is CCOc1ccc(-c2c(C)sc3nc(C)n(Cc4cccc(F)c4)c(=O)c23)cc1. The second-order valence-electron chi connectivity index (χ2n) is 6.85. The van der Waals surface area contributed by atoms with Crippen molar-refractivity contribution in [2.24, 2.45) is 0 Å². The van der Waals surface area contributed by atoms with E-state index in [1.54, 1.807) is 10.6 Å². The molecule has 0 unspecified atom stereocenters. The predicted octanol–water partition coefficient (Wildman–Crippen LogP) is 5.33. The summed E-state index contributed by atoms with van der Waals surface area (Å²) in [5, 5.41) is 0.610. The number of benzene rings is 2. The molecule has 0 amide bonds. The average Bonchev–Trinajstić information content (AvgIpc) is 3.02. The van der Waals surface area contributed by atoms with E-state index >= 15 is 0 Å². The van der Waals surface area contributed by atoms with Crippen LogP contribution in [0.2, 0.25) is 0 Å². The molecule has 0 aliphatic heterocycles. The lowest BCUT2D eigenvalue weighted by Crippen LogP contribution is -2.24. The number of aromatic nitrogens is 2. The molecular weight excluding hydrogens is 387 g/mol. The highest BCUT2D eigenvalue weighted by Crippen LogP contribution is 2.36. The van der Waals surface area contributed by atoms with Crippen LogP contribution in [-0.2, 0) is 6.54 Å². The lowest BCUT2D eigenvalue weighted by Gasteiger charge is -2.11. The maximum Gasteiger partial charge on any atom is 0.263 e. The van der Waals surface area contributed by atoms with Crippen molar-refractivity contribution in [3.05, 3.63) is 81.0 Å². The molecule has 6 heteroatoms. The van der Waals surface area contributed by atoms with Gasteiger partial charge in [-0.25, -0.2) is 9.37 Å². The monoisotopic (exact) mass is 408 g/mol. The van der Waals surface area contributed by atoms with E-state index in [0.29, 0.717) is 17.8 Å². The topological polar surface area (TPSA) is 44.1 Å². The van der Waals surface area contributed by atoms with Gasteiger partial charge in [-0.15, -0.1) is 11.3 Å². The zero-order chi connectivity index (χ0) is 20.5. The van der Waals surface area contributed by atoms with E-state index in [0.717, 1.165) is 32.1 Å². The number of thiophene rings is 1. The van der Waals surface area contributed by atoms with Crippen molar-refractivity contribution in [1.82, 2.24) is 9.55 Å². The van der Waals surface area contributed by atoms with Crippen LogP contribution in [0.1, 0.15) is 23.2 Å². The Morgan fingerprint density at radius 1 is 1.14 bits per heavy atom. The van der Waals surface area contributed by atoms with Crippen LogP contribution in [-0.4, -0.2) is 16.2 Å². The Kier molecular flexibility index (Phi) is 5.20. The maximum atomic E-state index is 13.6. The fourth-order valence-electron chi connectivity index (χ4n) is 3.53. The van der Waals surface area contributed by atoms with Gasteiger partial charge in [0.1, 0.15) is 22.2 Å². The van der Waals surface area contributed by atoms with Crippen LogP contribution in [0.15, 0.2) is 53.3 Å². The Labute approximate surface area is 172 Å². The first-order valence-electron chi connectivity index (χ1n) is 9.46. The van der Waals surface area contributed by atoms with Crippen LogP contribution in [0, 0.1) is 19.7 Å². The summed E-state index contributed by atoms with van der Waals surface area (Å²) in [7, 11) is 0. The summed E-state index contributed by atoms with van der Waals surface area (Å²) >= 11 is 1.52. The molecule has 2 aromatic carbocycles. The molecule has 0 saturated carbocycles. The largest absolute Gasteiger partial charge is 0.494 e. The summed E-state index contributed by atoms with van der Waals surface area (Å²) in [6, 6.07) is 14.1. The minimum absolute atomic E-state index is 0.106. The third-order valence-electron chi connectivity index (χ3n) is 4.86. The first-order valence-corrected chi connectivity index (χ1v) is 10.3. The minimum Gasteiger partial charge on any atom is -0.494 e. The Morgan fingerprint density at radius 2 is 1.90 bits per heavy atom.